The normalized spacial score (nSPS) is 12.3. The van der Waals surface area contributed by atoms with E-state index in [9.17, 15) is 8.42 Å². The van der Waals surface area contributed by atoms with E-state index in [4.69, 9.17) is 4.74 Å². The molecule has 0 aliphatic carbocycles. The molecule has 0 spiro atoms. The minimum absolute atomic E-state index is 0.0149. The summed E-state index contributed by atoms with van der Waals surface area (Å²) in [6, 6.07) is 16.4. The molecule has 0 radical (unpaired) electrons. The molecule has 142 valence electrons. The Morgan fingerprint density at radius 3 is 2.48 bits per heavy atom. The van der Waals surface area contributed by atoms with Gasteiger partial charge in [-0.05, 0) is 47.4 Å². The first-order valence-corrected chi connectivity index (χ1v) is 10.3. The number of hydrogen-bond acceptors (Lipinski definition) is 4. The first kappa shape index (κ1) is 19.3. The molecular formula is C21H24N2O3S. The van der Waals surface area contributed by atoms with E-state index in [-0.39, 0.29) is 23.5 Å². The van der Waals surface area contributed by atoms with Crippen LogP contribution < -0.4 is 9.46 Å². The van der Waals surface area contributed by atoms with Crippen LogP contribution in [-0.2, 0) is 15.4 Å². The van der Waals surface area contributed by atoms with Crippen LogP contribution in [-0.4, -0.2) is 26.6 Å². The van der Waals surface area contributed by atoms with Gasteiger partial charge in [0.25, 0.3) is 0 Å². The Morgan fingerprint density at radius 1 is 1.04 bits per heavy atom. The zero-order valence-electron chi connectivity index (χ0n) is 15.8. The first-order valence-electron chi connectivity index (χ1n) is 8.83. The average molecular weight is 385 g/mol. The largest absolute Gasteiger partial charge is 0.492 e. The molecule has 0 fully saturated rings. The summed E-state index contributed by atoms with van der Waals surface area (Å²) >= 11 is 0. The Morgan fingerprint density at radius 2 is 1.78 bits per heavy atom. The van der Waals surface area contributed by atoms with Crippen molar-refractivity contribution in [2.45, 2.75) is 31.1 Å². The summed E-state index contributed by atoms with van der Waals surface area (Å²) in [5.74, 6) is 0.684. The summed E-state index contributed by atoms with van der Waals surface area (Å²) in [5.41, 5.74) is 1.97. The highest BCUT2D eigenvalue weighted by molar-refractivity contribution is 7.89. The van der Waals surface area contributed by atoms with Gasteiger partial charge in [-0.2, -0.15) is 0 Å². The quantitative estimate of drug-likeness (QED) is 0.655. The summed E-state index contributed by atoms with van der Waals surface area (Å²) < 4.78 is 33.0. The van der Waals surface area contributed by atoms with Crippen molar-refractivity contribution in [3.05, 3.63) is 66.4 Å². The third kappa shape index (κ3) is 4.84. The van der Waals surface area contributed by atoms with Gasteiger partial charge >= 0.3 is 0 Å². The van der Waals surface area contributed by atoms with Crippen LogP contribution in [0.4, 0.5) is 0 Å². The third-order valence-electron chi connectivity index (χ3n) is 4.27. The Kier molecular flexibility index (Phi) is 5.48. The lowest BCUT2D eigenvalue weighted by Gasteiger charge is -2.19. The molecule has 3 rings (SSSR count). The third-order valence-corrected chi connectivity index (χ3v) is 5.74. The van der Waals surface area contributed by atoms with E-state index in [0.717, 1.165) is 16.5 Å². The van der Waals surface area contributed by atoms with Gasteiger partial charge in [-0.1, -0.05) is 39.0 Å². The van der Waals surface area contributed by atoms with Gasteiger partial charge in [0.05, 0.1) is 10.4 Å². The van der Waals surface area contributed by atoms with Gasteiger partial charge in [-0.15, -0.1) is 0 Å². The molecule has 2 aromatic carbocycles. The van der Waals surface area contributed by atoms with Crippen molar-refractivity contribution in [2.24, 2.45) is 0 Å². The van der Waals surface area contributed by atoms with Crippen molar-refractivity contribution in [2.75, 3.05) is 13.2 Å². The molecule has 0 saturated heterocycles. The van der Waals surface area contributed by atoms with Crippen LogP contribution in [0.25, 0.3) is 10.9 Å². The fourth-order valence-electron chi connectivity index (χ4n) is 2.71. The molecular weight excluding hydrogens is 360 g/mol. The van der Waals surface area contributed by atoms with Crippen LogP contribution in [0, 0.1) is 0 Å². The van der Waals surface area contributed by atoms with Crippen molar-refractivity contribution in [1.29, 1.82) is 0 Å². The molecule has 0 unspecified atom stereocenters. The van der Waals surface area contributed by atoms with Crippen molar-refractivity contribution in [3.8, 4) is 5.75 Å². The molecule has 0 amide bonds. The summed E-state index contributed by atoms with van der Waals surface area (Å²) in [7, 11) is -3.55. The highest BCUT2D eigenvalue weighted by Crippen LogP contribution is 2.23. The fourth-order valence-corrected chi connectivity index (χ4v) is 3.72. The predicted octanol–water partition coefficient (Wildman–Crippen LogP) is 3.89. The zero-order chi connectivity index (χ0) is 19.5. The number of fused-ring (bicyclic) bond motifs is 1. The van der Waals surface area contributed by atoms with Crippen LogP contribution in [0.1, 0.15) is 26.3 Å². The van der Waals surface area contributed by atoms with Gasteiger partial charge in [0.15, 0.2) is 0 Å². The Labute approximate surface area is 160 Å². The number of rotatable bonds is 6. The minimum Gasteiger partial charge on any atom is -0.492 e. The number of hydrogen-bond donors (Lipinski definition) is 1. The summed E-state index contributed by atoms with van der Waals surface area (Å²) in [4.78, 5) is 4.52. The van der Waals surface area contributed by atoms with Gasteiger partial charge in [-0.3, -0.25) is 4.98 Å². The number of pyridine rings is 1. The van der Waals surface area contributed by atoms with E-state index in [1.807, 2.05) is 42.5 Å². The second-order valence-electron chi connectivity index (χ2n) is 7.38. The van der Waals surface area contributed by atoms with Gasteiger partial charge in [0.1, 0.15) is 12.4 Å². The van der Waals surface area contributed by atoms with Crippen LogP contribution in [0.3, 0.4) is 0 Å². The fraction of sp³-hybridized carbons (Fsp3) is 0.286. The highest BCUT2D eigenvalue weighted by Gasteiger charge is 2.17. The smallest absolute Gasteiger partial charge is 0.240 e. The Hall–Kier alpha value is -2.44. The molecule has 1 aromatic heterocycles. The van der Waals surface area contributed by atoms with Crippen molar-refractivity contribution >= 4 is 20.9 Å². The second-order valence-corrected chi connectivity index (χ2v) is 9.15. The molecule has 1 heterocycles. The summed E-state index contributed by atoms with van der Waals surface area (Å²) in [6.45, 7) is 6.71. The number of sulfonamides is 1. The van der Waals surface area contributed by atoms with E-state index in [1.54, 1.807) is 18.3 Å². The maximum absolute atomic E-state index is 12.4. The minimum atomic E-state index is -3.55. The molecule has 5 nitrogen and oxygen atoms in total. The number of benzene rings is 2. The monoisotopic (exact) mass is 384 g/mol. The number of nitrogens with zero attached hydrogens (tertiary/aromatic N) is 1. The highest BCUT2D eigenvalue weighted by atomic mass is 32.2. The summed E-state index contributed by atoms with van der Waals surface area (Å²) in [5, 5.41) is 0.981. The van der Waals surface area contributed by atoms with Crippen LogP contribution in [0.2, 0.25) is 0 Å². The van der Waals surface area contributed by atoms with E-state index >= 15 is 0 Å². The van der Waals surface area contributed by atoms with Crippen LogP contribution in [0.5, 0.6) is 5.75 Å². The van der Waals surface area contributed by atoms with Crippen LogP contribution in [0.15, 0.2) is 65.7 Å². The molecule has 1 N–H and O–H groups in total. The van der Waals surface area contributed by atoms with E-state index in [0.29, 0.717) is 5.75 Å². The molecule has 0 saturated carbocycles. The lowest BCUT2D eigenvalue weighted by molar-refractivity contribution is 0.323. The van der Waals surface area contributed by atoms with E-state index < -0.39 is 10.0 Å². The molecule has 0 atom stereocenters. The van der Waals surface area contributed by atoms with Gasteiger partial charge in [0, 0.05) is 18.1 Å². The van der Waals surface area contributed by atoms with Gasteiger partial charge in [0.2, 0.25) is 10.0 Å². The van der Waals surface area contributed by atoms with E-state index in [1.165, 1.54) is 0 Å². The molecule has 0 bridgehead atoms. The molecule has 0 aliphatic heterocycles. The molecule has 27 heavy (non-hydrogen) atoms. The van der Waals surface area contributed by atoms with Gasteiger partial charge in [-0.25, -0.2) is 13.1 Å². The van der Waals surface area contributed by atoms with Crippen molar-refractivity contribution < 1.29 is 13.2 Å². The second kappa shape index (κ2) is 7.66. The standard InChI is InChI=1S/C21H24N2O3S/c1-21(2,3)17-6-9-19(10-7-17)27(24,25)23-13-14-26-18-8-11-20-16(15-18)5-4-12-22-20/h4-12,15,23H,13-14H2,1-3H3. The average Bonchev–Trinajstić information content (AvgIpc) is 2.64. The number of aromatic nitrogens is 1. The lowest BCUT2D eigenvalue weighted by Crippen LogP contribution is -2.28. The zero-order valence-corrected chi connectivity index (χ0v) is 16.6. The molecule has 3 aromatic rings. The Bertz CT molecular complexity index is 1020. The van der Waals surface area contributed by atoms with Gasteiger partial charge < -0.3 is 4.74 Å². The SMILES string of the molecule is CC(C)(C)c1ccc(S(=O)(=O)NCCOc2ccc3ncccc3c2)cc1. The molecule has 6 heteroatoms. The Balaban J connectivity index is 1.57. The number of ether oxygens (including phenoxy) is 1. The van der Waals surface area contributed by atoms with Crippen molar-refractivity contribution in [3.63, 3.8) is 0 Å². The van der Waals surface area contributed by atoms with Crippen molar-refractivity contribution in [1.82, 2.24) is 9.71 Å². The first-order chi connectivity index (χ1) is 12.8. The maximum atomic E-state index is 12.4. The topological polar surface area (TPSA) is 68.3 Å². The lowest BCUT2D eigenvalue weighted by atomic mass is 9.87. The predicted molar refractivity (Wildman–Crippen MR) is 108 cm³/mol. The molecule has 0 aliphatic rings. The van der Waals surface area contributed by atoms with Crippen LogP contribution >= 0.6 is 0 Å². The van der Waals surface area contributed by atoms with E-state index in [2.05, 4.69) is 30.5 Å². The maximum Gasteiger partial charge on any atom is 0.240 e. The summed E-state index contributed by atoms with van der Waals surface area (Å²) in [6.07, 6.45) is 1.74. The number of nitrogens with one attached hydrogen (secondary N) is 1.